The first-order valence-corrected chi connectivity index (χ1v) is 6.94. The van der Waals surface area contributed by atoms with Gasteiger partial charge in [-0.3, -0.25) is 0 Å². The minimum Gasteiger partial charge on any atom is -0.493 e. The molecule has 1 aromatic heterocycles. The molecule has 5 heteroatoms. The molecule has 5 nitrogen and oxygen atoms in total. The van der Waals surface area contributed by atoms with E-state index >= 15 is 0 Å². The van der Waals surface area contributed by atoms with Gasteiger partial charge in [-0.2, -0.15) is 5.26 Å². The molecule has 22 heavy (non-hydrogen) atoms. The summed E-state index contributed by atoms with van der Waals surface area (Å²) in [6, 6.07) is 9.56. The summed E-state index contributed by atoms with van der Waals surface area (Å²) >= 11 is 0. The molecule has 0 amide bonds. The first-order valence-electron chi connectivity index (χ1n) is 6.94. The molecular formula is C17H19N3O2. The van der Waals surface area contributed by atoms with Crippen LogP contribution in [0.3, 0.4) is 0 Å². The topological polar surface area (TPSA) is 67.2 Å². The van der Waals surface area contributed by atoms with Gasteiger partial charge >= 0.3 is 0 Å². The van der Waals surface area contributed by atoms with Crippen molar-refractivity contribution in [3.63, 3.8) is 0 Å². The molecule has 0 aliphatic rings. The highest BCUT2D eigenvalue weighted by atomic mass is 16.5. The van der Waals surface area contributed by atoms with Crippen molar-refractivity contribution in [3.05, 3.63) is 47.2 Å². The van der Waals surface area contributed by atoms with Gasteiger partial charge in [-0.05, 0) is 49.2 Å². The average Bonchev–Trinajstić information content (AvgIpc) is 2.55. The van der Waals surface area contributed by atoms with Crippen LogP contribution in [0.5, 0.6) is 11.5 Å². The predicted octanol–water partition coefficient (Wildman–Crippen LogP) is 3.45. The molecule has 1 atom stereocenters. The van der Waals surface area contributed by atoms with Crippen LogP contribution in [0.2, 0.25) is 0 Å². The maximum atomic E-state index is 8.80. The Morgan fingerprint density at radius 2 is 1.86 bits per heavy atom. The van der Waals surface area contributed by atoms with Crippen molar-refractivity contribution < 1.29 is 9.47 Å². The molecule has 0 spiro atoms. The molecule has 0 fully saturated rings. The van der Waals surface area contributed by atoms with Crippen LogP contribution >= 0.6 is 0 Å². The first kappa shape index (κ1) is 15.6. The number of benzene rings is 1. The number of nitrogens with zero attached hydrogens (tertiary/aromatic N) is 2. The van der Waals surface area contributed by atoms with Crippen LogP contribution in [-0.2, 0) is 0 Å². The predicted molar refractivity (Wildman–Crippen MR) is 85.3 cm³/mol. The van der Waals surface area contributed by atoms with Gasteiger partial charge < -0.3 is 14.8 Å². The van der Waals surface area contributed by atoms with Crippen molar-refractivity contribution in [1.29, 1.82) is 5.26 Å². The van der Waals surface area contributed by atoms with E-state index in [1.54, 1.807) is 32.5 Å². The van der Waals surface area contributed by atoms with Crippen molar-refractivity contribution in [3.8, 4) is 17.6 Å². The van der Waals surface area contributed by atoms with E-state index in [2.05, 4.69) is 16.4 Å². The molecule has 0 saturated heterocycles. The van der Waals surface area contributed by atoms with E-state index in [0.717, 1.165) is 16.9 Å². The molecule has 0 aliphatic heterocycles. The lowest BCUT2D eigenvalue weighted by atomic mass is 10.0. The molecule has 0 bridgehead atoms. The van der Waals surface area contributed by atoms with Crippen molar-refractivity contribution in [2.24, 2.45) is 0 Å². The number of methoxy groups -OCH3 is 2. The zero-order chi connectivity index (χ0) is 16.1. The number of aryl methyl sites for hydroxylation is 1. The Bertz CT molecular complexity index is 690. The summed E-state index contributed by atoms with van der Waals surface area (Å²) in [6.45, 7) is 4.08. The Hall–Kier alpha value is -2.74. The highest BCUT2D eigenvalue weighted by molar-refractivity contribution is 5.50. The van der Waals surface area contributed by atoms with Crippen LogP contribution in [0.4, 0.5) is 5.82 Å². The van der Waals surface area contributed by atoms with Gasteiger partial charge in [0.2, 0.25) is 0 Å². The number of pyridine rings is 1. The first-order chi connectivity index (χ1) is 10.6. The fourth-order valence-corrected chi connectivity index (χ4v) is 2.31. The Morgan fingerprint density at radius 3 is 2.41 bits per heavy atom. The van der Waals surface area contributed by atoms with Crippen LogP contribution in [0.1, 0.15) is 29.7 Å². The quantitative estimate of drug-likeness (QED) is 0.915. The number of hydrogen-bond acceptors (Lipinski definition) is 5. The third-order valence-corrected chi connectivity index (χ3v) is 3.50. The second kappa shape index (κ2) is 6.81. The monoisotopic (exact) mass is 297 g/mol. The van der Waals surface area contributed by atoms with E-state index in [4.69, 9.17) is 14.7 Å². The van der Waals surface area contributed by atoms with Crippen molar-refractivity contribution in [2.45, 2.75) is 19.9 Å². The fourth-order valence-electron chi connectivity index (χ4n) is 2.31. The van der Waals surface area contributed by atoms with Gasteiger partial charge in [0.25, 0.3) is 0 Å². The van der Waals surface area contributed by atoms with Crippen LogP contribution in [0, 0.1) is 18.3 Å². The smallest absolute Gasteiger partial charge is 0.161 e. The maximum absolute atomic E-state index is 8.80. The number of nitrogens with one attached hydrogen (secondary N) is 1. The van der Waals surface area contributed by atoms with Gasteiger partial charge in [-0.1, -0.05) is 0 Å². The summed E-state index contributed by atoms with van der Waals surface area (Å²) in [5.41, 5.74) is 2.75. The molecule has 0 aliphatic carbocycles. The lowest BCUT2D eigenvalue weighted by molar-refractivity contribution is 0.354. The van der Waals surface area contributed by atoms with E-state index in [-0.39, 0.29) is 6.04 Å². The Labute approximate surface area is 130 Å². The molecule has 0 unspecified atom stereocenters. The summed E-state index contributed by atoms with van der Waals surface area (Å²) < 4.78 is 10.7. The molecule has 2 aromatic rings. The average molecular weight is 297 g/mol. The molecule has 2 rings (SSSR count). The normalized spacial score (nSPS) is 11.4. The molecule has 0 radical (unpaired) electrons. The number of aromatic nitrogens is 1. The second-order valence-electron chi connectivity index (χ2n) is 4.97. The third kappa shape index (κ3) is 3.29. The minimum absolute atomic E-state index is 0.0419. The summed E-state index contributed by atoms with van der Waals surface area (Å²) in [5, 5.41) is 12.1. The largest absolute Gasteiger partial charge is 0.493 e. The number of ether oxygens (including phenoxy) is 2. The summed E-state index contributed by atoms with van der Waals surface area (Å²) in [4.78, 5) is 4.23. The van der Waals surface area contributed by atoms with Crippen LogP contribution in [0.15, 0.2) is 30.5 Å². The number of hydrogen-bond donors (Lipinski definition) is 1. The number of rotatable bonds is 5. The van der Waals surface area contributed by atoms with Gasteiger partial charge in [0.1, 0.15) is 11.9 Å². The van der Waals surface area contributed by atoms with E-state index in [1.807, 2.05) is 26.0 Å². The maximum Gasteiger partial charge on any atom is 0.161 e. The molecule has 1 heterocycles. The number of nitriles is 1. The molecule has 114 valence electrons. The zero-order valence-electron chi connectivity index (χ0n) is 13.2. The van der Waals surface area contributed by atoms with E-state index < -0.39 is 0 Å². The van der Waals surface area contributed by atoms with Crippen LogP contribution < -0.4 is 14.8 Å². The van der Waals surface area contributed by atoms with E-state index in [1.165, 1.54) is 0 Å². The molecular weight excluding hydrogens is 278 g/mol. The van der Waals surface area contributed by atoms with Gasteiger partial charge in [-0.15, -0.1) is 0 Å². The molecule has 1 aromatic carbocycles. The molecule has 1 N–H and O–H groups in total. The SMILES string of the molecule is COc1cc(C)c([C@@H](C)Nc2ccc(C#N)cn2)cc1OC. The lowest BCUT2D eigenvalue weighted by Crippen LogP contribution is -2.10. The van der Waals surface area contributed by atoms with E-state index in [9.17, 15) is 0 Å². The van der Waals surface area contributed by atoms with Gasteiger partial charge in [0.05, 0.1) is 25.8 Å². The highest BCUT2D eigenvalue weighted by Gasteiger charge is 2.14. The van der Waals surface area contributed by atoms with E-state index in [0.29, 0.717) is 17.1 Å². The Kier molecular flexibility index (Phi) is 4.84. The lowest BCUT2D eigenvalue weighted by Gasteiger charge is -2.19. The highest BCUT2D eigenvalue weighted by Crippen LogP contribution is 2.33. The summed E-state index contributed by atoms with van der Waals surface area (Å²) in [7, 11) is 3.25. The second-order valence-corrected chi connectivity index (χ2v) is 4.97. The third-order valence-electron chi connectivity index (χ3n) is 3.50. The van der Waals surface area contributed by atoms with Gasteiger partial charge in [0, 0.05) is 6.20 Å². The number of anilines is 1. The minimum atomic E-state index is 0.0419. The fraction of sp³-hybridized carbons (Fsp3) is 0.294. The Balaban J connectivity index is 2.24. The zero-order valence-corrected chi connectivity index (χ0v) is 13.2. The molecule has 0 saturated carbocycles. The standard InChI is InChI=1S/C17H19N3O2/c1-11-7-15(21-3)16(22-4)8-14(11)12(2)20-17-6-5-13(9-18)10-19-17/h5-8,10,12H,1-4H3,(H,19,20)/t12-/m1/s1. The van der Waals surface area contributed by atoms with Gasteiger partial charge in [-0.25, -0.2) is 4.98 Å². The van der Waals surface area contributed by atoms with Crippen molar-refractivity contribution >= 4 is 5.82 Å². The van der Waals surface area contributed by atoms with Crippen molar-refractivity contribution in [1.82, 2.24) is 4.98 Å². The van der Waals surface area contributed by atoms with Crippen LogP contribution in [-0.4, -0.2) is 19.2 Å². The summed E-state index contributed by atoms with van der Waals surface area (Å²) in [5.74, 6) is 2.14. The van der Waals surface area contributed by atoms with Crippen molar-refractivity contribution in [2.75, 3.05) is 19.5 Å². The van der Waals surface area contributed by atoms with Gasteiger partial charge in [0.15, 0.2) is 11.5 Å². The Morgan fingerprint density at radius 1 is 1.18 bits per heavy atom. The summed E-state index contributed by atoms with van der Waals surface area (Å²) in [6.07, 6.45) is 1.55. The van der Waals surface area contributed by atoms with Crippen LogP contribution in [0.25, 0.3) is 0 Å².